The van der Waals surface area contributed by atoms with Crippen molar-refractivity contribution in [1.82, 2.24) is 10.2 Å². The van der Waals surface area contributed by atoms with Crippen molar-refractivity contribution in [3.8, 4) is 5.75 Å². The summed E-state index contributed by atoms with van der Waals surface area (Å²) in [4.78, 5) is 28.7. The number of carbonyl (C=O) groups is 2. The number of benzene rings is 3. The average molecular weight is 525 g/mol. The molecule has 0 heterocycles. The topological polar surface area (TPSA) is 58.6 Å². The Bertz CT molecular complexity index is 1120. The van der Waals surface area contributed by atoms with E-state index in [1.54, 1.807) is 18.1 Å². The van der Waals surface area contributed by atoms with Crippen LogP contribution in [0.15, 0.2) is 78.9 Å². The van der Waals surface area contributed by atoms with Gasteiger partial charge in [-0.3, -0.25) is 9.59 Å². The van der Waals surface area contributed by atoms with Gasteiger partial charge in [-0.2, -0.15) is 0 Å². The van der Waals surface area contributed by atoms with Gasteiger partial charge < -0.3 is 15.0 Å². The summed E-state index contributed by atoms with van der Waals surface area (Å²) in [6.45, 7) is 4.09. The second kappa shape index (κ2) is 14.0. The van der Waals surface area contributed by atoms with E-state index in [1.807, 2.05) is 86.6 Å². The van der Waals surface area contributed by atoms with Gasteiger partial charge in [0.15, 0.2) is 0 Å². The second-order valence-corrected chi connectivity index (χ2v) is 10.2. The molecule has 3 aromatic rings. The minimum absolute atomic E-state index is 0.0440. The summed E-state index contributed by atoms with van der Waals surface area (Å²) < 4.78 is 5.22. The van der Waals surface area contributed by atoms with Crippen molar-refractivity contribution < 1.29 is 14.3 Å². The molecule has 0 unspecified atom stereocenters. The number of thioether (sulfide) groups is 1. The highest BCUT2D eigenvalue weighted by Crippen LogP contribution is 2.22. The van der Waals surface area contributed by atoms with Crippen molar-refractivity contribution in [3.05, 3.63) is 101 Å². The Kier molecular flexibility index (Phi) is 10.7. The smallest absolute Gasteiger partial charge is 0.243 e. The molecular formula is C29H33ClN2O3S. The molecule has 0 fully saturated rings. The first-order valence-corrected chi connectivity index (χ1v) is 13.5. The summed E-state index contributed by atoms with van der Waals surface area (Å²) >= 11 is 7.98. The van der Waals surface area contributed by atoms with Gasteiger partial charge in [-0.05, 0) is 48.7 Å². The number of methoxy groups -OCH3 is 1. The Labute approximate surface area is 223 Å². The summed E-state index contributed by atoms with van der Waals surface area (Å²) in [5.74, 6) is 1.45. The zero-order chi connectivity index (χ0) is 25.9. The lowest BCUT2D eigenvalue weighted by Gasteiger charge is -2.32. The van der Waals surface area contributed by atoms with Crippen molar-refractivity contribution in [2.75, 3.05) is 12.9 Å². The Balaban J connectivity index is 1.83. The normalized spacial score (nSPS) is 11.7. The minimum Gasteiger partial charge on any atom is -0.497 e. The fraction of sp³-hybridized carbons (Fsp3) is 0.310. The van der Waals surface area contributed by atoms with Crippen LogP contribution in [-0.2, 0) is 28.3 Å². The SMILES string of the molecule is COc1ccc(CSCC(=O)N(Cc2ccccc2Cl)[C@@H](Cc2ccccc2)C(=O)NC(C)C)cc1. The molecule has 0 saturated heterocycles. The number of rotatable bonds is 12. The van der Waals surface area contributed by atoms with E-state index in [2.05, 4.69) is 5.32 Å². The van der Waals surface area contributed by atoms with Crippen LogP contribution in [0.2, 0.25) is 5.02 Å². The molecule has 3 rings (SSSR count). The molecule has 190 valence electrons. The fourth-order valence-electron chi connectivity index (χ4n) is 3.81. The van der Waals surface area contributed by atoms with E-state index in [0.717, 1.165) is 22.4 Å². The van der Waals surface area contributed by atoms with Crippen molar-refractivity contribution in [3.63, 3.8) is 0 Å². The van der Waals surface area contributed by atoms with Gasteiger partial charge in [-0.15, -0.1) is 11.8 Å². The summed E-state index contributed by atoms with van der Waals surface area (Å²) in [6, 6.07) is 24.3. The first-order valence-electron chi connectivity index (χ1n) is 11.9. The van der Waals surface area contributed by atoms with Crippen LogP contribution in [0.1, 0.15) is 30.5 Å². The van der Waals surface area contributed by atoms with Crippen LogP contribution in [0.25, 0.3) is 0 Å². The Morgan fingerprint density at radius 3 is 2.25 bits per heavy atom. The molecular weight excluding hydrogens is 492 g/mol. The first kappa shape index (κ1) is 27.6. The minimum atomic E-state index is -0.667. The number of carbonyl (C=O) groups excluding carboxylic acids is 2. The van der Waals surface area contributed by atoms with Crippen molar-refractivity contribution in [2.45, 2.75) is 44.6 Å². The summed E-state index contributed by atoms with van der Waals surface area (Å²) in [5, 5.41) is 3.58. The molecule has 1 N–H and O–H groups in total. The molecule has 1 atom stereocenters. The van der Waals surface area contributed by atoms with E-state index >= 15 is 0 Å². The van der Waals surface area contributed by atoms with Crippen molar-refractivity contribution >= 4 is 35.2 Å². The van der Waals surface area contributed by atoms with Crippen LogP contribution in [0, 0.1) is 0 Å². The van der Waals surface area contributed by atoms with E-state index in [9.17, 15) is 9.59 Å². The number of hydrogen-bond acceptors (Lipinski definition) is 4. The van der Waals surface area contributed by atoms with E-state index in [1.165, 1.54) is 11.8 Å². The maximum Gasteiger partial charge on any atom is 0.243 e. The Morgan fingerprint density at radius 2 is 1.61 bits per heavy atom. The van der Waals surface area contributed by atoms with Gasteiger partial charge in [-0.25, -0.2) is 0 Å². The molecule has 0 bridgehead atoms. The molecule has 0 spiro atoms. The predicted molar refractivity (Wildman–Crippen MR) is 148 cm³/mol. The van der Waals surface area contributed by atoms with E-state index in [4.69, 9.17) is 16.3 Å². The molecule has 5 nitrogen and oxygen atoms in total. The Morgan fingerprint density at radius 1 is 0.944 bits per heavy atom. The lowest BCUT2D eigenvalue weighted by atomic mass is 10.0. The largest absolute Gasteiger partial charge is 0.497 e. The summed E-state index contributed by atoms with van der Waals surface area (Å²) in [5.41, 5.74) is 2.90. The highest BCUT2D eigenvalue weighted by molar-refractivity contribution is 7.99. The van der Waals surface area contributed by atoms with Crippen LogP contribution in [0.4, 0.5) is 0 Å². The Hall–Kier alpha value is -2.96. The third-order valence-corrected chi connectivity index (χ3v) is 7.01. The number of amides is 2. The highest BCUT2D eigenvalue weighted by atomic mass is 35.5. The van der Waals surface area contributed by atoms with Crippen LogP contribution in [0.5, 0.6) is 5.75 Å². The average Bonchev–Trinajstić information content (AvgIpc) is 2.87. The van der Waals surface area contributed by atoms with Crippen molar-refractivity contribution in [1.29, 1.82) is 0 Å². The molecule has 0 saturated carbocycles. The summed E-state index contributed by atoms with van der Waals surface area (Å²) in [6.07, 6.45) is 0.415. The van der Waals surface area contributed by atoms with Gasteiger partial charge in [0.2, 0.25) is 11.8 Å². The van der Waals surface area contributed by atoms with E-state index in [0.29, 0.717) is 17.2 Å². The lowest BCUT2D eigenvalue weighted by Crippen LogP contribution is -2.52. The third-order valence-electron chi connectivity index (χ3n) is 5.65. The molecule has 7 heteroatoms. The molecule has 0 aliphatic heterocycles. The predicted octanol–water partition coefficient (Wildman–Crippen LogP) is 5.75. The van der Waals surface area contributed by atoms with Gasteiger partial charge in [-0.1, -0.05) is 72.3 Å². The van der Waals surface area contributed by atoms with Crippen LogP contribution in [-0.4, -0.2) is 41.7 Å². The maximum atomic E-state index is 13.6. The second-order valence-electron chi connectivity index (χ2n) is 8.82. The molecule has 0 aromatic heterocycles. The number of hydrogen-bond donors (Lipinski definition) is 1. The third kappa shape index (κ3) is 8.32. The standard InChI is InChI=1S/C29H33ClN2O3S/c1-21(2)31-29(34)27(17-22-9-5-4-6-10-22)32(18-24-11-7-8-12-26(24)30)28(33)20-36-19-23-13-15-25(35-3)16-14-23/h4-16,21,27H,17-20H2,1-3H3,(H,31,34)/t27-/m0/s1. The van der Waals surface area contributed by atoms with Crippen molar-refractivity contribution in [2.24, 2.45) is 0 Å². The number of halogens is 1. The lowest BCUT2D eigenvalue weighted by molar-refractivity contribution is -0.139. The maximum absolute atomic E-state index is 13.6. The molecule has 0 radical (unpaired) electrons. The van der Waals surface area contributed by atoms with Gasteiger partial charge in [0.05, 0.1) is 12.9 Å². The zero-order valence-electron chi connectivity index (χ0n) is 20.9. The van der Waals surface area contributed by atoms with E-state index in [-0.39, 0.29) is 30.2 Å². The number of nitrogens with one attached hydrogen (secondary N) is 1. The van der Waals surface area contributed by atoms with Crippen LogP contribution in [0.3, 0.4) is 0 Å². The highest BCUT2D eigenvalue weighted by Gasteiger charge is 2.31. The number of ether oxygens (including phenoxy) is 1. The van der Waals surface area contributed by atoms with Gasteiger partial charge >= 0.3 is 0 Å². The van der Waals surface area contributed by atoms with Gasteiger partial charge in [0.25, 0.3) is 0 Å². The molecule has 2 amide bonds. The monoisotopic (exact) mass is 524 g/mol. The van der Waals surface area contributed by atoms with Crippen LogP contribution < -0.4 is 10.1 Å². The quantitative estimate of drug-likeness (QED) is 0.328. The molecule has 3 aromatic carbocycles. The molecule has 0 aliphatic carbocycles. The first-order chi connectivity index (χ1) is 17.4. The van der Waals surface area contributed by atoms with Crippen LogP contribution >= 0.6 is 23.4 Å². The number of nitrogens with zero attached hydrogens (tertiary/aromatic N) is 1. The summed E-state index contributed by atoms with van der Waals surface area (Å²) in [7, 11) is 1.64. The van der Waals surface area contributed by atoms with Gasteiger partial charge in [0.1, 0.15) is 11.8 Å². The molecule has 0 aliphatic rings. The molecule has 36 heavy (non-hydrogen) atoms. The van der Waals surface area contributed by atoms with Gasteiger partial charge in [0, 0.05) is 29.8 Å². The fourth-order valence-corrected chi connectivity index (χ4v) is 4.87. The zero-order valence-corrected chi connectivity index (χ0v) is 22.5. The van der Waals surface area contributed by atoms with E-state index < -0.39 is 6.04 Å².